The van der Waals surface area contributed by atoms with Crippen molar-refractivity contribution in [3.05, 3.63) is 176 Å². The molecule has 2 nitrogen and oxygen atoms in total. The first-order chi connectivity index (χ1) is 24.3. The number of benzene rings is 8. The van der Waals surface area contributed by atoms with E-state index in [-0.39, 0.29) is 0 Å². The fourth-order valence-electron chi connectivity index (χ4n) is 7.29. The number of para-hydroxylation sites is 2. The molecule has 0 aliphatic rings. The molecule has 0 aliphatic carbocycles. The van der Waals surface area contributed by atoms with Gasteiger partial charge in [0.05, 0.1) is 5.69 Å². The minimum absolute atomic E-state index is 0.874. The summed E-state index contributed by atoms with van der Waals surface area (Å²) in [5.41, 5.74) is 9.72. The van der Waals surface area contributed by atoms with E-state index < -0.39 is 0 Å². The molecule has 0 N–H and O–H groups in total. The lowest BCUT2D eigenvalue weighted by Gasteiger charge is -2.26. The Morgan fingerprint density at radius 2 is 1.12 bits per heavy atom. The van der Waals surface area contributed by atoms with Crippen LogP contribution in [0, 0.1) is 0 Å². The van der Waals surface area contributed by atoms with Gasteiger partial charge in [-0.05, 0) is 81.6 Å². The van der Waals surface area contributed by atoms with Crippen molar-refractivity contribution in [2.24, 2.45) is 0 Å². The molecular formula is C46H29NOS. The Kier molecular flexibility index (Phi) is 6.39. The van der Waals surface area contributed by atoms with Gasteiger partial charge in [-0.1, -0.05) is 127 Å². The van der Waals surface area contributed by atoms with E-state index in [4.69, 9.17) is 4.42 Å². The van der Waals surface area contributed by atoms with Gasteiger partial charge in [0.25, 0.3) is 0 Å². The van der Waals surface area contributed by atoms with E-state index in [0.29, 0.717) is 0 Å². The van der Waals surface area contributed by atoms with Crippen LogP contribution in [0.4, 0.5) is 17.1 Å². The first-order valence-corrected chi connectivity index (χ1v) is 17.4. The van der Waals surface area contributed by atoms with Crippen molar-refractivity contribution in [3.63, 3.8) is 0 Å². The van der Waals surface area contributed by atoms with Crippen LogP contribution in [0.1, 0.15) is 0 Å². The summed E-state index contributed by atoms with van der Waals surface area (Å²) in [6.45, 7) is 0. The molecule has 3 heteroatoms. The van der Waals surface area contributed by atoms with Crippen LogP contribution in [0.5, 0.6) is 0 Å². The van der Waals surface area contributed by atoms with Gasteiger partial charge < -0.3 is 9.32 Å². The Labute approximate surface area is 287 Å². The number of thiophene rings is 1. The minimum Gasteiger partial charge on any atom is -0.454 e. The van der Waals surface area contributed by atoms with Crippen LogP contribution in [-0.2, 0) is 0 Å². The third-order valence-corrected chi connectivity index (χ3v) is 10.9. The molecule has 49 heavy (non-hydrogen) atoms. The highest BCUT2D eigenvalue weighted by Gasteiger charge is 2.20. The maximum Gasteiger partial charge on any atom is 0.159 e. The Hall–Kier alpha value is -6.16. The van der Waals surface area contributed by atoms with Crippen molar-refractivity contribution in [1.29, 1.82) is 0 Å². The largest absolute Gasteiger partial charge is 0.454 e. The molecule has 0 aliphatic heterocycles. The maximum absolute atomic E-state index is 6.60. The van der Waals surface area contributed by atoms with E-state index >= 15 is 0 Å². The fourth-order valence-corrected chi connectivity index (χ4v) is 8.53. The molecule has 0 saturated carbocycles. The van der Waals surface area contributed by atoms with Crippen LogP contribution in [0.3, 0.4) is 0 Å². The number of hydrogen-bond donors (Lipinski definition) is 0. The van der Waals surface area contributed by atoms with E-state index in [1.165, 1.54) is 47.6 Å². The second-order valence-electron chi connectivity index (χ2n) is 12.5. The van der Waals surface area contributed by atoms with Gasteiger partial charge in [0, 0.05) is 42.3 Å². The number of furan rings is 1. The van der Waals surface area contributed by atoms with Crippen molar-refractivity contribution in [3.8, 4) is 22.3 Å². The van der Waals surface area contributed by atoms with Crippen LogP contribution in [0.2, 0.25) is 0 Å². The third-order valence-electron chi connectivity index (χ3n) is 9.65. The SMILES string of the molecule is c1cc(-c2ccc3ccccc3c2)cc(N(c2ccc(-c3cccc4c3sc3ccccc34)cc2)c2cccc3c2oc2ccccc23)c1. The lowest BCUT2D eigenvalue weighted by molar-refractivity contribution is 0.669. The molecular weight excluding hydrogens is 615 g/mol. The van der Waals surface area contributed by atoms with Crippen molar-refractivity contribution < 1.29 is 4.42 Å². The van der Waals surface area contributed by atoms with Crippen molar-refractivity contribution in [2.75, 3.05) is 4.90 Å². The Morgan fingerprint density at radius 3 is 2.04 bits per heavy atom. The van der Waals surface area contributed by atoms with Gasteiger partial charge in [-0.15, -0.1) is 11.3 Å². The molecule has 0 bridgehead atoms. The van der Waals surface area contributed by atoms with Gasteiger partial charge in [-0.3, -0.25) is 0 Å². The number of fused-ring (bicyclic) bond motifs is 7. The number of rotatable bonds is 5. The molecule has 0 fully saturated rings. The normalized spacial score (nSPS) is 11.7. The fraction of sp³-hybridized carbons (Fsp3) is 0. The van der Waals surface area contributed by atoms with Crippen LogP contribution >= 0.6 is 11.3 Å². The average Bonchev–Trinajstić information content (AvgIpc) is 3.74. The van der Waals surface area contributed by atoms with Gasteiger partial charge in [0.2, 0.25) is 0 Å². The van der Waals surface area contributed by atoms with Gasteiger partial charge in [0.15, 0.2) is 5.58 Å². The van der Waals surface area contributed by atoms with Crippen LogP contribution in [0.15, 0.2) is 180 Å². The summed E-state index contributed by atoms with van der Waals surface area (Å²) in [4.78, 5) is 2.33. The quantitative estimate of drug-likeness (QED) is 0.186. The Balaban J connectivity index is 1.14. The lowest BCUT2D eigenvalue weighted by atomic mass is 10.00. The molecule has 0 spiro atoms. The number of anilines is 3. The first kappa shape index (κ1) is 27.9. The molecule has 2 aromatic heterocycles. The summed E-state index contributed by atoms with van der Waals surface area (Å²) in [7, 11) is 0. The maximum atomic E-state index is 6.60. The predicted octanol–water partition coefficient (Wildman–Crippen LogP) is 13.9. The zero-order valence-electron chi connectivity index (χ0n) is 26.5. The zero-order valence-corrected chi connectivity index (χ0v) is 27.3. The molecule has 10 rings (SSSR count). The monoisotopic (exact) mass is 643 g/mol. The topological polar surface area (TPSA) is 16.4 Å². The van der Waals surface area contributed by atoms with Crippen molar-refractivity contribution in [2.45, 2.75) is 0 Å². The Bertz CT molecular complexity index is 2840. The summed E-state index contributed by atoms with van der Waals surface area (Å²) in [5.74, 6) is 0. The third kappa shape index (κ3) is 4.62. The summed E-state index contributed by atoms with van der Waals surface area (Å²) in [6.07, 6.45) is 0. The molecule has 0 radical (unpaired) electrons. The average molecular weight is 644 g/mol. The summed E-state index contributed by atoms with van der Waals surface area (Å²) in [6, 6.07) is 63.2. The van der Waals surface area contributed by atoms with E-state index in [9.17, 15) is 0 Å². The van der Waals surface area contributed by atoms with Crippen LogP contribution < -0.4 is 4.90 Å². The van der Waals surface area contributed by atoms with Crippen molar-refractivity contribution >= 4 is 81.3 Å². The number of hydrogen-bond acceptors (Lipinski definition) is 3. The molecule has 230 valence electrons. The first-order valence-electron chi connectivity index (χ1n) is 16.6. The predicted molar refractivity (Wildman–Crippen MR) is 210 cm³/mol. The second kappa shape index (κ2) is 11.2. The van der Waals surface area contributed by atoms with Gasteiger partial charge in [-0.2, -0.15) is 0 Å². The van der Waals surface area contributed by atoms with E-state index in [1.54, 1.807) is 0 Å². The van der Waals surface area contributed by atoms with E-state index in [1.807, 2.05) is 23.5 Å². The highest BCUT2D eigenvalue weighted by molar-refractivity contribution is 7.26. The Morgan fingerprint density at radius 1 is 0.429 bits per heavy atom. The molecule has 2 heterocycles. The van der Waals surface area contributed by atoms with Crippen LogP contribution in [0.25, 0.3) is 75.1 Å². The number of nitrogens with zero attached hydrogens (tertiary/aromatic N) is 1. The van der Waals surface area contributed by atoms with Crippen LogP contribution in [-0.4, -0.2) is 0 Å². The highest BCUT2D eigenvalue weighted by atomic mass is 32.1. The zero-order chi connectivity index (χ0) is 32.3. The standard InChI is InChI=1S/C46H29NOS/c1-2-11-32-28-34(23-22-30(32)10-1)33-12-7-13-36(29-33)47(42-19-9-17-40-38-14-3-5-20-43(38)48-45(40)42)35-26-24-31(25-27-35)37-16-8-18-41-39-15-4-6-21-44(39)49-46(37)41/h1-29H. The van der Waals surface area contributed by atoms with Gasteiger partial charge in [0.1, 0.15) is 5.58 Å². The molecule has 0 saturated heterocycles. The molecule has 0 unspecified atom stereocenters. The summed E-state index contributed by atoms with van der Waals surface area (Å²) >= 11 is 1.87. The van der Waals surface area contributed by atoms with Gasteiger partial charge in [-0.25, -0.2) is 0 Å². The lowest BCUT2D eigenvalue weighted by Crippen LogP contribution is -2.10. The smallest absolute Gasteiger partial charge is 0.159 e. The highest BCUT2D eigenvalue weighted by Crippen LogP contribution is 2.44. The van der Waals surface area contributed by atoms with E-state index in [2.05, 4.69) is 169 Å². The summed E-state index contributed by atoms with van der Waals surface area (Å²) in [5, 5.41) is 7.33. The molecule has 0 amide bonds. The minimum atomic E-state index is 0.874. The molecule has 10 aromatic rings. The van der Waals surface area contributed by atoms with E-state index in [0.717, 1.165) is 44.6 Å². The van der Waals surface area contributed by atoms with Gasteiger partial charge >= 0.3 is 0 Å². The summed E-state index contributed by atoms with van der Waals surface area (Å²) < 4.78 is 9.24. The van der Waals surface area contributed by atoms with Crippen molar-refractivity contribution in [1.82, 2.24) is 0 Å². The molecule has 8 aromatic carbocycles. The second-order valence-corrected chi connectivity index (χ2v) is 13.6. The molecule has 0 atom stereocenters.